The van der Waals surface area contributed by atoms with Crippen LogP contribution in [-0.2, 0) is 57.6 Å². The van der Waals surface area contributed by atoms with Crippen LogP contribution in [0.15, 0.2) is 84.9 Å². The lowest BCUT2D eigenvalue weighted by Crippen LogP contribution is -2.62. The molecule has 69 heavy (non-hydrogen) atoms. The molecule has 0 aromatic heterocycles. The number of carboxylic acid groups (broad SMARTS) is 1. The zero-order valence-corrected chi connectivity index (χ0v) is 38.7. The Balaban J connectivity index is 1.61. The van der Waals surface area contributed by atoms with Gasteiger partial charge in [0.1, 0.15) is 42.0 Å². The number of carboxylic acids is 1. The summed E-state index contributed by atoms with van der Waals surface area (Å²) in [5.41, 5.74) is 13.1. The van der Waals surface area contributed by atoms with Gasteiger partial charge in [-0.2, -0.15) is 0 Å². The number of phenols is 1. The molecule has 1 aliphatic rings. The second kappa shape index (κ2) is 27.2. The van der Waals surface area contributed by atoms with Gasteiger partial charge in [0.15, 0.2) is 6.04 Å². The number of amides is 7. The third-order valence-electron chi connectivity index (χ3n) is 11.6. The van der Waals surface area contributed by atoms with Crippen LogP contribution in [0.25, 0.3) is 0 Å². The van der Waals surface area contributed by atoms with Crippen molar-refractivity contribution in [1.29, 1.82) is 0 Å². The van der Waals surface area contributed by atoms with Crippen molar-refractivity contribution >= 4 is 47.3 Å². The van der Waals surface area contributed by atoms with Gasteiger partial charge in [0.25, 0.3) is 0 Å². The molecule has 1 aliphatic heterocycles. The highest BCUT2D eigenvalue weighted by molar-refractivity contribution is 5.98. The Morgan fingerprint density at radius 3 is 1.57 bits per heavy atom. The van der Waals surface area contributed by atoms with E-state index in [1.54, 1.807) is 60.7 Å². The normalized spacial score (nSPS) is 16.8. The van der Waals surface area contributed by atoms with Crippen molar-refractivity contribution in [3.05, 3.63) is 102 Å². The van der Waals surface area contributed by atoms with Crippen molar-refractivity contribution in [2.24, 2.45) is 11.5 Å². The van der Waals surface area contributed by atoms with Crippen molar-refractivity contribution in [3.8, 4) is 5.75 Å². The number of phenolic OH excluding ortho intramolecular Hbond substituents is 1. The van der Waals surface area contributed by atoms with Crippen molar-refractivity contribution in [3.63, 3.8) is 0 Å². The highest BCUT2D eigenvalue weighted by atomic mass is 16.4. The zero-order chi connectivity index (χ0) is 50.6. The summed E-state index contributed by atoms with van der Waals surface area (Å²) in [5.74, 6) is -7.15. The Kier molecular flexibility index (Phi) is 21.5. The Hall–Kier alpha value is -6.94. The van der Waals surface area contributed by atoms with Crippen LogP contribution in [0, 0.1) is 0 Å². The molecule has 0 bridgehead atoms. The van der Waals surface area contributed by atoms with Gasteiger partial charge in [-0.15, -0.1) is 0 Å². The van der Waals surface area contributed by atoms with E-state index in [0.29, 0.717) is 36.0 Å². The fourth-order valence-corrected chi connectivity index (χ4v) is 7.81. The number of nitrogens with one attached hydrogen (secondary N) is 6. The van der Waals surface area contributed by atoms with Crippen molar-refractivity contribution in [1.82, 2.24) is 36.8 Å². The van der Waals surface area contributed by atoms with Crippen LogP contribution in [0.5, 0.6) is 5.75 Å². The molecule has 3 aromatic rings. The van der Waals surface area contributed by atoms with E-state index in [-0.39, 0.29) is 50.9 Å². The minimum atomic E-state index is -1.72. The van der Waals surface area contributed by atoms with E-state index in [4.69, 9.17) is 11.5 Å². The maximum absolute atomic E-state index is 14.4. The Morgan fingerprint density at radius 1 is 0.609 bits per heavy atom. The monoisotopic (exact) mass is 959 g/mol. The van der Waals surface area contributed by atoms with Crippen LogP contribution in [0.4, 0.5) is 0 Å². The molecule has 0 spiro atoms. The summed E-state index contributed by atoms with van der Waals surface area (Å²) in [5, 5.41) is 55.8. The van der Waals surface area contributed by atoms with Crippen molar-refractivity contribution in [2.45, 2.75) is 120 Å². The van der Waals surface area contributed by atoms with Crippen molar-refractivity contribution in [2.75, 3.05) is 19.6 Å². The highest BCUT2D eigenvalue weighted by Gasteiger charge is 2.41. The first-order chi connectivity index (χ1) is 32.9. The Bertz CT molecular complexity index is 2200. The number of unbranched alkanes of at least 4 members (excludes halogenated alkanes) is 1. The number of hydrogen-bond donors (Lipinski definition) is 12. The second-order valence-electron chi connectivity index (χ2n) is 17.0. The predicted molar refractivity (Wildman–Crippen MR) is 251 cm³/mol. The number of benzene rings is 3. The largest absolute Gasteiger partial charge is 0.508 e. The summed E-state index contributed by atoms with van der Waals surface area (Å²) in [6.07, 6.45) is -1.86. The van der Waals surface area contributed by atoms with E-state index in [0.717, 1.165) is 0 Å². The number of likely N-dealkylation sites (tertiary alicyclic amines) is 1. The topological polar surface area (TPSA) is 345 Å². The molecule has 3 aromatic carbocycles. The van der Waals surface area contributed by atoms with E-state index in [9.17, 15) is 58.8 Å². The molecule has 1 fully saturated rings. The average molecular weight is 960 g/mol. The fourth-order valence-electron chi connectivity index (χ4n) is 7.81. The van der Waals surface area contributed by atoms with E-state index >= 15 is 0 Å². The van der Waals surface area contributed by atoms with Crippen LogP contribution in [0.2, 0.25) is 0 Å². The van der Waals surface area contributed by atoms with Crippen LogP contribution >= 0.6 is 0 Å². The molecule has 0 saturated carbocycles. The number of aliphatic hydroxyl groups is 2. The lowest BCUT2D eigenvalue weighted by Gasteiger charge is -2.31. The number of carbonyl (C=O) groups is 8. The van der Waals surface area contributed by atoms with Gasteiger partial charge in [0.05, 0.1) is 18.8 Å². The first kappa shape index (κ1) is 54.7. The fraction of sp³-hybridized carbons (Fsp3) is 0.458. The van der Waals surface area contributed by atoms with Gasteiger partial charge in [0, 0.05) is 25.8 Å². The number of aliphatic carboxylic acids is 1. The first-order valence-electron chi connectivity index (χ1n) is 22.9. The molecule has 0 unspecified atom stereocenters. The Morgan fingerprint density at radius 2 is 1.09 bits per heavy atom. The third-order valence-corrected chi connectivity index (χ3v) is 11.6. The summed E-state index contributed by atoms with van der Waals surface area (Å²) in [6, 6.07) is 13.6. The minimum absolute atomic E-state index is 0.0364. The lowest BCUT2D eigenvalue weighted by atomic mass is 10.0. The van der Waals surface area contributed by atoms with Crippen LogP contribution in [0.1, 0.15) is 62.6 Å². The first-order valence-corrected chi connectivity index (χ1v) is 22.9. The molecule has 21 nitrogen and oxygen atoms in total. The summed E-state index contributed by atoms with van der Waals surface area (Å²) in [6.45, 7) is 2.36. The number of carbonyl (C=O) groups excluding carboxylic acids is 7. The summed E-state index contributed by atoms with van der Waals surface area (Å²) >= 11 is 0. The maximum atomic E-state index is 14.4. The number of nitrogens with zero attached hydrogens (tertiary/aromatic N) is 1. The second-order valence-corrected chi connectivity index (χ2v) is 17.0. The summed E-state index contributed by atoms with van der Waals surface area (Å²) in [7, 11) is 0. The average Bonchev–Trinajstić information content (AvgIpc) is 3.82. The van der Waals surface area contributed by atoms with Gasteiger partial charge in [0.2, 0.25) is 41.4 Å². The van der Waals surface area contributed by atoms with Gasteiger partial charge in [-0.05, 0) is 81.3 Å². The zero-order valence-electron chi connectivity index (χ0n) is 38.7. The molecule has 21 heteroatoms. The molecule has 9 atom stereocenters. The predicted octanol–water partition coefficient (Wildman–Crippen LogP) is -1.75. The van der Waals surface area contributed by atoms with Crippen LogP contribution < -0.4 is 43.4 Å². The maximum Gasteiger partial charge on any atom is 0.328 e. The minimum Gasteiger partial charge on any atom is -0.508 e. The van der Waals surface area contributed by atoms with E-state index < -0.39 is 108 Å². The standard InChI is InChI=1S/C48H65N9O12/c1-28(58)40(46(66)52-34(16-9-10-22-49)47(67)57-23-11-17-38(57)45(65)56-41(29(2)59)48(68)69)55-44(64)37(26-32-18-20-33(60)21-19-32)54-43(63)36(25-31-14-7-4-8-15-31)53-42(62)35(51-39(61)27-50)24-30-12-5-3-6-13-30/h3-8,12-15,18-21,28-29,34-38,40-41,58-60H,9-11,16-17,22-27,49-50H2,1-2H3,(H,51,61)(H,52,66)(H,53,62)(H,54,63)(H,55,64)(H,56,65)(H,68,69)/t28-,29-,34+,35+,36+,37+,38+,40+,41+/m1/s1. The van der Waals surface area contributed by atoms with Gasteiger partial charge in [-0.1, -0.05) is 72.8 Å². The molecule has 1 saturated heterocycles. The smallest absolute Gasteiger partial charge is 0.328 e. The number of aliphatic hydroxyl groups excluding tert-OH is 2. The van der Waals surface area contributed by atoms with E-state index in [1.165, 1.54) is 43.0 Å². The van der Waals surface area contributed by atoms with Gasteiger partial charge < -0.3 is 68.7 Å². The summed E-state index contributed by atoms with van der Waals surface area (Å²) < 4.78 is 0. The molecular weight excluding hydrogens is 895 g/mol. The molecule has 0 aliphatic carbocycles. The van der Waals surface area contributed by atoms with Gasteiger partial charge in [-0.3, -0.25) is 33.6 Å². The molecular formula is C48H65N9O12. The van der Waals surface area contributed by atoms with Crippen LogP contribution in [0.3, 0.4) is 0 Å². The van der Waals surface area contributed by atoms with Gasteiger partial charge in [-0.25, -0.2) is 4.79 Å². The van der Waals surface area contributed by atoms with E-state index in [2.05, 4.69) is 31.9 Å². The Labute approximate surface area is 400 Å². The summed E-state index contributed by atoms with van der Waals surface area (Å²) in [4.78, 5) is 110. The molecule has 0 radical (unpaired) electrons. The van der Waals surface area contributed by atoms with Gasteiger partial charge >= 0.3 is 5.97 Å². The lowest BCUT2D eigenvalue weighted by molar-refractivity contribution is -0.147. The number of nitrogens with two attached hydrogens (primary N) is 2. The third kappa shape index (κ3) is 17.0. The molecule has 374 valence electrons. The number of hydrogen-bond acceptors (Lipinski definition) is 13. The molecule has 4 rings (SSSR count). The molecule has 1 heterocycles. The van der Waals surface area contributed by atoms with Crippen molar-refractivity contribution < 1.29 is 58.8 Å². The highest BCUT2D eigenvalue weighted by Crippen LogP contribution is 2.21. The number of aromatic hydroxyl groups is 1. The van der Waals surface area contributed by atoms with Crippen LogP contribution in [-0.4, -0.2) is 147 Å². The molecule has 7 amide bonds. The molecule has 14 N–H and O–H groups in total. The quantitative estimate of drug-likeness (QED) is 0.0398. The number of rotatable bonds is 26. The van der Waals surface area contributed by atoms with E-state index in [1.807, 2.05) is 0 Å². The SMILES string of the molecule is C[C@@H](O)[C@H](NC(=O)[C@@H]1CCCN1C(=O)[C@H](CCCCN)NC(=O)[C@@H](NC(=O)[C@H](Cc1ccc(O)cc1)NC(=O)[C@H](Cc1ccccc1)NC(=O)[C@H](Cc1ccccc1)NC(=O)CN)[C@@H](C)O)C(=O)O.